The monoisotopic (exact) mass is 165 g/mol. The normalized spacial score (nSPS) is 13.4. The van der Waals surface area contributed by atoms with Crippen molar-refractivity contribution < 1.29 is 8.76 Å². The first-order valence-corrected chi connectivity index (χ1v) is 4.35. The molecule has 0 saturated heterocycles. The van der Waals surface area contributed by atoms with Crippen molar-refractivity contribution >= 4 is 21.1 Å². The number of hydrogen-bond donors (Lipinski definition) is 1. The summed E-state index contributed by atoms with van der Waals surface area (Å²) < 4.78 is 19.5. The minimum atomic E-state index is -1.92. The summed E-state index contributed by atoms with van der Waals surface area (Å²) in [6.45, 7) is 0. The summed E-state index contributed by atoms with van der Waals surface area (Å²) in [7, 11) is -1.24. The van der Waals surface area contributed by atoms with Gasteiger partial charge in [0.25, 0.3) is 0 Å². The first-order valence-electron chi connectivity index (χ1n) is 1.95. The van der Waals surface area contributed by atoms with Crippen LogP contribution in [0, 0.1) is 0 Å². The van der Waals surface area contributed by atoms with E-state index in [-0.39, 0.29) is 0 Å². The van der Waals surface area contributed by atoms with Crippen molar-refractivity contribution in [3.05, 3.63) is 12.4 Å². The van der Waals surface area contributed by atoms with E-state index in [2.05, 4.69) is 10.3 Å². The molecule has 5 nitrogen and oxygen atoms in total. The molecule has 50 valence electrons. The lowest BCUT2D eigenvalue weighted by Crippen LogP contribution is -1.90. The highest BCUT2D eigenvalue weighted by atomic mass is 33.1. The van der Waals surface area contributed by atoms with Crippen molar-refractivity contribution in [1.29, 1.82) is 0 Å². The fraction of sp³-hybridized carbons (Fsp3) is 0. The second-order valence-corrected chi connectivity index (χ2v) is 3.36. The van der Waals surface area contributed by atoms with Gasteiger partial charge in [0.15, 0.2) is 0 Å². The highest BCUT2D eigenvalue weighted by molar-refractivity contribution is 8.66. The molecule has 0 fully saturated rings. The van der Waals surface area contributed by atoms with Crippen LogP contribution < -0.4 is 0 Å². The van der Waals surface area contributed by atoms with E-state index in [1.165, 1.54) is 16.5 Å². The van der Waals surface area contributed by atoms with Crippen molar-refractivity contribution in [2.24, 2.45) is 0 Å². The quantitative estimate of drug-likeness (QED) is 0.490. The zero-order chi connectivity index (χ0) is 6.69. The Morgan fingerprint density at radius 1 is 1.78 bits per heavy atom. The van der Waals surface area contributed by atoms with Crippen LogP contribution in [0.5, 0.6) is 0 Å². The molecular formula is C2H3N3O2S2. The molecule has 0 spiro atoms. The maximum Gasteiger partial charge on any atom is 0.239 e. The largest absolute Gasteiger partial charge is 0.296 e. The lowest BCUT2D eigenvalue weighted by Gasteiger charge is -1.88. The van der Waals surface area contributed by atoms with Crippen LogP contribution in [0.25, 0.3) is 0 Å². The Morgan fingerprint density at radius 2 is 2.56 bits per heavy atom. The summed E-state index contributed by atoms with van der Waals surface area (Å²) in [5, 5.41) is 6.85. The predicted octanol–water partition coefficient (Wildman–Crippen LogP) is -0.0889. The van der Waals surface area contributed by atoms with Gasteiger partial charge >= 0.3 is 0 Å². The lowest BCUT2D eigenvalue weighted by atomic mass is 11.0. The Morgan fingerprint density at radius 3 is 3.00 bits per heavy atom. The average Bonchev–Trinajstić information content (AvgIpc) is 2.15. The molecule has 1 aromatic rings. The van der Waals surface area contributed by atoms with Crippen LogP contribution in [0.15, 0.2) is 12.4 Å². The summed E-state index contributed by atoms with van der Waals surface area (Å²) in [5.41, 5.74) is 0. The van der Waals surface area contributed by atoms with Gasteiger partial charge in [-0.2, -0.15) is 4.09 Å². The predicted molar refractivity (Wildman–Crippen MR) is 33.8 cm³/mol. The Kier molecular flexibility index (Phi) is 2.20. The zero-order valence-corrected chi connectivity index (χ0v) is 5.80. The molecule has 0 bridgehead atoms. The molecule has 7 heteroatoms. The van der Waals surface area contributed by atoms with E-state index in [0.717, 1.165) is 0 Å². The average molecular weight is 165 g/mol. The molecule has 0 aromatic carbocycles. The van der Waals surface area contributed by atoms with Gasteiger partial charge in [0, 0.05) is 0 Å². The second kappa shape index (κ2) is 2.95. The van der Waals surface area contributed by atoms with Crippen molar-refractivity contribution in [1.82, 2.24) is 14.4 Å². The van der Waals surface area contributed by atoms with Crippen LogP contribution in [0.4, 0.5) is 0 Å². The number of hydrogen-bond acceptors (Lipinski definition) is 4. The molecule has 0 radical (unpaired) electrons. The van der Waals surface area contributed by atoms with E-state index in [4.69, 9.17) is 4.55 Å². The molecule has 9 heavy (non-hydrogen) atoms. The van der Waals surface area contributed by atoms with Crippen LogP contribution in [0.1, 0.15) is 0 Å². The molecule has 0 aliphatic rings. The Hall–Kier alpha value is -0.400. The van der Waals surface area contributed by atoms with Crippen LogP contribution >= 0.6 is 11.0 Å². The van der Waals surface area contributed by atoms with Gasteiger partial charge in [-0.25, -0.2) is 4.21 Å². The second-order valence-electron chi connectivity index (χ2n) is 1.10. The molecule has 1 unspecified atom stereocenters. The Balaban J connectivity index is 2.58. The third-order valence-corrected chi connectivity index (χ3v) is 1.86. The van der Waals surface area contributed by atoms with E-state index < -0.39 is 10.1 Å². The first-order chi connectivity index (χ1) is 4.29. The third kappa shape index (κ3) is 2.12. The Labute approximate surface area is 57.3 Å². The smallest absolute Gasteiger partial charge is 0.239 e. The summed E-state index contributed by atoms with van der Waals surface area (Å²) in [4.78, 5) is 0. The first kappa shape index (κ1) is 6.72. The summed E-state index contributed by atoms with van der Waals surface area (Å²) >= 11 is 0. The van der Waals surface area contributed by atoms with E-state index in [1.54, 1.807) is 0 Å². The number of nitrogens with zero attached hydrogens (tertiary/aromatic N) is 3. The lowest BCUT2D eigenvalue weighted by molar-refractivity contribution is 0.580. The third-order valence-electron chi connectivity index (χ3n) is 0.541. The maximum absolute atomic E-state index is 10.1. The minimum Gasteiger partial charge on any atom is -0.296 e. The van der Waals surface area contributed by atoms with Crippen LogP contribution in [0.3, 0.4) is 0 Å². The van der Waals surface area contributed by atoms with Crippen LogP contribution in [-0.4, -0.2) is 23.2 Å². The van der Waals surface area contributed by atoms with Crippen molar-refractivity contribution in [2.45, 2.75) is 0 Å². The molecule has 1 aromatic heterocycles. The van der Waals surface area contributed by atoms with Gasteiger partial charge < -0.3 is 0 Å². The number of rotatable bonds is 2. The van der Waals surface area contributed by atoms with E-state index in [1.807, 2.05) is 0 Å². The fourth-order valence-corrected chi connectivity index (χ4v) is 1.24. The molecule has 1 N–H and O–H groups in total. The summed E-state index contributed by atoms with van der Waals surface area (Å²) in [6, 6.07) is 0. The molecule has 1 heterocycles. The van der Waals surface area contributed by atoms with Crippen LogP contribution in [0.2, 0.25) is 0 Å². The van der Waals surface area contributed by atoms with E-state index in [0.29, 0.717) is 11.0 Å². The fourth-order valence-electron chi connectivity index (χ4n) is 0.302. The van der Waals surface area contributed by atoms with Gasteiger partial charge in [-0.1, -0.05) is 5.21 Å². The van der Waals surface area contributed by atoms with Gasteiger partial charge in [0.05, 0.1) is 12.4 Å². The maximum atomic E-state index is 10.1. The topological polar surface area (TPSA) is 68.0 Å². The molecule has 0 saturated carbocycles. The molecule has 0 aliphatic carbocycles. The molecule has 0 amide bonds. The molecule has 0 aliphatic heterocycles. The van der Waals surface area contributed by atoms with Gasteiger partial charge in [0.1, 0.15) is 11.0 Å². The van der Waals surface area contributed by atoms with Crippen LogP contribution in [-0.2, 0) is 10.1 Å². The van der Waals surface area contributed by atoms with Crippen molar-refractivity contribution in [2.75, 3.05) is 0 Å². The standard InChI is InChI=1S/C2H3N3O2S2/c6-9(7)8-5-2-1-3-4-5/h1-2H,(H,6,7). The van der Waals surface area contributed by atoms with Crippen molar-refractivity contribution in [3.63, 3.8) is 0 Å². The highest BCUT2D eigenvalue weighted by Crippen LogP contribution is 2.04. The Bertz CT molecular complexity index is 198. The van der Waals surface area contributed by atoms with Gasteiger partial charge in [-0.3, -0.25) is 4.55 Å². The SMILES string of the molecule is O=S(O)Sn1ccnn1. The van der Waals surface area contributed by atoms with E-state index >= 15 is 0 Å². The zero-order valence-electron chi connectivity index (χ0n) is 4.17. The van der Waals surface area contributed by atoms with Gasteiger partial charge in [-0.15, -0.1) is 5.10 Å². The summed E-state index contributed by atoms with van der Waals surface area (Å²) in [5.74, 6) is 0. The molecular weight excluding hydrogens is 162 g/mol. The molecule has 1 atom stereocenters. The van der Waals surface area contributed by atoms with E-state index in [9.17, 15) is 4.21 Å². The van der Waals surface area contributed by atoms with Gasteiger partial charge in [-0.05, 0) is 0 Å². The minimum absolute atomic E-state index is 0.676. The van der Waals surface area contributed by atoms with Gasteiger partial charge in [0.2, 0.25) is 10.1 Å². The highest BCUT2D eigenvalue weighted by Gasteiger charge is 1.95. The summed E-state index contributed by atoms with van der Waals surface area (Å²) in [6.07, 6.45) is 2.92. The van der Waals surface area contributed by atoms with Crippen molar-refractivity contribution in [3.8, 4) is 0 Å². The molecule has 1 rings (SSSR count). The number of aromatic nitrogens is 3.